The molecule has 0 aromatic heterocycles. The van der Waals surface area contributed by atoms with Gasteiger partial charge in [-0.3, -0.25) is 0 Å². The largest absolute Gasteiger partial charge is 0.389 e. The topological polar surface area (TPSA) is 29.1 Å². The first-order valence-electron chi connectivity index (χ1n) is 6.58. The molecule has 0 unspecified atom stereocenters. The zero-order valence-corrected chi connectivity index (χ0v) is 13.8. The second-order valence-electron chi connectivity index (χ2n) is 5.88. The van der Waals surface area contributed by atoms with Crippen LogP contribution in [0.3, 0.4) is 0 Å². The van der Waals surface area contributed by atoms with Crippen LogP contribution in [-0.4, -0.2) is 19.5 Å². The number of hydrogen-bond acceptors (Lipinski definition) is 2. The van der Waals surface area contributed by atoms with E-state index in [0.29, 0.717) is 17.4 Å². The van der Waals surface area contributed by atoms with Gasteiger partial charge in [0.05, 0.1) is 0 Å². The average Bonchev–Trinajstić information content (AvgIpc) is 2.23. The smallest absolute Gasteiger partial charge is 0.365 e. The second-order valence-corrected chi connectivity index (χ2v) is 9.03. The van der Waals surface area contributed by atoms with Crippen LogP contribution < -0.4 is 5.32 Å². The summed E-state index contributed by atoms with van der Waals surface area (Å²) in [5.74, 6) is 0. The van der Waals surface area contributed by atoms with Gasteiger partial charge in [0.15, 0.2) is 0 Å². The first-order chi connectivity index (χ1) is 8.85. The molecule has 0 heterocycles. The van der Waals surface area contributed by atoms with Crippen LogP contribution in [0.25, 0.3) is 0 Å². The van der Waals surface area contributed by atoms with E-state index in [1.807, 2.05) is 6.92 Å². The van der Waals surface area contributed by atoms with E-state index in [4.69, 9.17) is 0 Å². The van der Waals surface area contributed by atoms with Gasteiger partial charge in [0.1, 0.15) is 7.14 Å². The number of hydrogen-bond donors (Lipinski definition) is 1. The molecular formula is C14H25F3NOP. The van der Waals surface area contributed by atoms with Crippen LogP contribution in [0.4, 0.5) is 13.2 Å². The highest BCUT2D eigenvalue weighted by atomic mass is 31.2. The number of allylic oxidation sites excluding steroid dienone is 2. The molecule has 0 aromatic carbocycles. The molecule has 0 saturated heterocycles. The molecule has 2 nitrogen and oxygen atoms in total. The summed E-state index contributed by atoms with van der Waals surface area (Å²) < 4.78 is 49.9. The minimum absolute atomic E-state index is 0.0835. The van der Waals surface area contributed by atoms with Crippen molar-refractivity contribution in [2.45, 2.75) is 46.2 Å². The normalized spacial score (nSPS) is 14.8. The summed E-state index contributed by atoms with van der Waals surface area (Å²) in [5.41, 5.74) is -0.0730. The molecule has 0 aliphatic carbocycles. The van der Waals surface area contributed by atoms with E-state index in [2.05, 4.69) is 11.9 Å². The summed E-state index contributed by atoms with van der Waals surface area (Å²) in [7, 11) is -2.68. The third-order valence-corrected chi connectivity index (χ3v) is 5.08. The van der Waals surface area contributed by atoms with E-state index in [0.717, 1.165) is 0 Å². The minimum Gasteiger partial charge on any atom is -0.365 e. The molecule has 6 heteroatoms. The molecule has 0 aliphatic heterocycles. The third kappa shape index (κ3) is 6.17. The molecule has 0 fully saturated rings. The van der Waals surface area contributed by atoms with Crippen LogP contribution in [0.2, 0.25) is 0 Å². The fraction of sp³-hybridized carbons (Fsp3) is 0.714. The highest BCUT2D eigenvalue weighted by Gasteiger charge is 2.37. The highest BCUT2D eigenvalue weighted by Crippen LogP contribution is 2.57. The van der Waals surface area contributed by atoms with Crippen molar-refractivity contribution in [1.29, 1.82) is 0 Å². The van der Waals surface area contributed by atoms with E-state index < -0.39 is 25.2 Å². The molecule has 1 N–H and O–H groups in total. The predicted molar refractivity (Wildman–Crippen MR) is 79.2 cm³/mol. The molecule has 0 aliphatic rings. The summed E-state index contributed by atoms with van der Waals surface area (Å²) in [4.78, 5) is 0. The molecule has 0 radical (unpaired) electrons. The van der Waals surface area contributed by atoms with Crippen molar-refractivity contribution in [3.05, 3.63) is 23.8 Å². The van der Waals surface area contributed by atoms with Crippen molar-refractivity contribution in [3.8, 4) is 0 Å². The fourth-order valence-corrected chi connectivity index (χ4v) is 4.94. The summed E-state index contributed by atoms with van der Waals surface area (Å²) in [6.45, 7) is 12.1. The number of alkyl halides is 3. The summed E-state index contributed by atoms with van der Waals surface area (Å²) in [6.07, 6.45) is -3.13. The van der Waals surface area contributed by atoms with Gasteiger partial charge >= 0.3 is 6.18 Å². The molecule has 20 heavy (non-hydrogen) atoms. The number of halogens is 3. The van der Waals surface area contributed by atoms with Crippen molar-refractivity contribution < 1.29 is 17.7 Å². The Morgan fingerprint density at radius 1 is 1.25 bits per heavy atom. The van der Waals surface area contributed by atoms with Gasteiger partial charge in [0, 0.05) is 17.4 Å². The zero-order chi connectivity index (χ0) is 16.2. The van der Waals surface area contributed by atoms with Gasteiger partial charge in [0.25, 0.3) is 0 Å². The first kappa shape index (κ1) is 19.3. The van der Waals surface area contributed by atoms with Crippen molar-refractivity contribution in [2.75, 3.05) is 13.3 Å². The van der Waals surface area contributed by atoms with Crippen LogP contribution in [0.15, 0.2) is 23.8 Å². The minimum atomic E-state index is -4.20. The Balaban J connectivity index is 5.64. The van der Waals surface area contributed by atoms with Gasteiger partial charge in [-0.15, -0.1) is 0 Å². The maximum absolute atomic E-state index is 12.5. The van der Waals surface area contributed by atoms with E-state index in [1.54, 1.807) is 27.2 Å². The van der Waals surface area contributed by atoms with E-state index >= 15 is 0 Å². The quantitative estimate of drug-likeness (QED) is 0.644. The maximum atomic E-state index is 12.5. The lowest BCUT2D eigenvalue weighted by molar-refractivity contribution is -0.138. The van der Waals surface area contributed by atoms with Crippen LogP contribution in [0.1, 0.15) is 40.0 Å². The van der Waals surface area contributed by atoms with Crippen molar-refractivity contribution in [2.24, 2.45) is 5.41 Å². The third-order valence-electron chi connectivity index (χ3n) is 3.13. The predicted octanol–water partition coefficient (Wildman–Crippen LogP) is 5.33. The number of nitrogens with one attached hydrogen (secondary N) is 1. The molecule has 0 saturated carbocycles. The lowest BCUT2D eigenvalue weighted by atomic mass is 9.85. The summed E-state index contributed by atoms with van der Waals surface area (Å²) in [5, 5.41) is 3.53. The van der Waals surface area contributed by atoms with Crippen LogP contribution in [0, 0.1) is 5.41 Å². The molecule has 0 spiro atoms. The van der Waals surface area contributed by atoms with Gasteiger partial charge in [-0.25, -0.2) is 0 Å². The van der Waals surface area contributed by atoms with Crippen LogP contribution in [-0.2, 0) is 4.57 Å². The van der Waals surface area contributed by atoms with E-state index in [-0.39, 0.29) is 6.42 Å². The molecule has 0 bridgehead atoms. The lowest BCUT2D eigenvalue weighted by Crippen LogP contribution is -2.23. The van der Waals surface area contributed by atoms with Crippen molar-refractivity contribution >= 4 is 7.14 Å². The first-order valence-corrected chi connectivity index (χ1v) is 9.18. The molecule has 0 amide bonds. The monoisotopic (exact) mass is 311 g/mol. The Kier molecular flexibility index (Phi) is 6.60. The maximum Gasteiger partial charge on any atom is 0.389 e. The Bertz CT molecular complexity index is 419. The van der Waals surface area contributed by atoms with E-state index in [9.17, 15) is 17.7 Å². The molecule has 0 rings (SSSR count). The molecular weight excluding hydrogens is 286 g/mol. The van der Waals surface area contributed by atoms with Gasteiger partial charge in [-0.1, -0.05) is 27.4 Å². The van der Waals surface area contributed by atoms with Crippen LogP contribution >= 0.6 is 7.14 Å². The van der Waals surface area contributed by atoms with Gasteiger partial charge in [-0.05, 0) is 37.8 Å². The second kappa shape index (κ2) is 6.84. The lowest BCUT2D eigenvalue weighted by Gasteiger charge is -2.33. The summed E-state index contributed by atoms with van der Waals surface area (Å²) in [6, 6.07) is 0. The van der Waals surface area contributed by atoms with Gasteiger partial charge < -0.3 is 9.88 Å². The molecule has 118 valence electrons. The standard InChI is InChI=1S/C14H25F3NOP/c1-7-11(18-8-2)12(20(5,6)19)13(3,4)9-10-14(15,16)17/h8,18H,2,7,9-10H2,1,3-6H3/b12-11-. The fourth-order valence-electron chi connectivity index (χ4n) is 2.50. The van der Waals surface area contributed by atoms with Crippen molar-refractivity contribution in [3.63, 3.8) is 0 Å². The highest BCUT2D eigenvalue weighted by molar-refractivity contribution is 7.66. The SMILES string of the molecule is C=CN/C(CC)=C(/C(C)(C)CCC(F)(F)F)P(C)(C)=O. The van der Waals surface area contributed by atoms with Gasteiger partial charge in [0.2, 0.25) is 0 Å². The summed E-state index contributed by atoms with van der Waals surface area (Å²) >= 11 is 0. The zero-order valence-electron chi connectivity index (χ0n) is 12.9. The van der Waals surface area contributed by atoms with Crippen LogP contribution in [0.5, 0.6) is 0 Å². The average molecular weight is 311 g/mol. The van der Waals surface area contributed by atoms with E-state index in [1.165, 1.54) is 6.20 Å². The Morgan fingerprint density at radius 2 is 1.75 bits per heavy atom. The molecule has 0 aromatic rings. The Morgan fingerprint density at radius 3 is 2.05 bits per heavy atom. The molecule has 0 atom stereocenters. The van der Waals surface area contributed by atoms with Gasteiger partial charge in [-0.2, -0.15) is 13.2 Å². The number of rotatable bonds is 7. The Labute approximate surface area is 119 Å². The Hall–Kier alpha value is -0.700. The van der Waals surface area contributed by atoms with Crippen molar-refractivity contribution in [1.82, 2.24) is 5.32 Å².